The van der Waals surface area contributed by atoms with Crippen LogP contribution in [0.1, 0.15) is 27.3 Å². The molecule has 0 atom stereocenters. The molecule has 0 radical (unpaired) electrons. The third kappa shape index (κ3) is 4.77. The molecule has 7 nitrogen and oxygen atoms in total. The number of aryl methyl sites for hydroxylation is 1. The Bertz CT molecular complexity index is 958. The van der Waals surface area contributed by atoms with Gasteiger partial charge in [0.15, 0.2) is 11.5 Å². The molecule has 0 aliphatic heterocycles. The number of carbonyl (C=O) groups excluding carboxylic acids is 1. The fourth-order valence-corrected chi connectivity index (χ4v) is 3.09. The van der Waals surface area contributed by atoms with Gasteiger partial charge in [0, 0.05) is 12.1 Å². The molecule has 2 aromatic carbocycles. The van der Waals surface area contributed by atoms with Crippen molar-refractivity contribution in [3.63, 3.8) is 0 Å². The summed E-state index contributed by atoms with van der Waals surface area (Å²) in [5.74, 6) is 1.68. The molecule has 1 amide bonds. The molecule has 0 spiro atoms. The van der Waals surface area contributed by atoms with Gasteiger partial charge in [0.25, 0.3) is 5.91 Å². The third-order valence-corrected chi connectivity index (χ3v) is 4.78. The number of benzene rings is 2. The van der Waals surface area contributed by atoms with Crippen molar-refractivity contribution >= 4 is 17.6 Å². The molecule has 0 aliphatic carbocycles. The summed E-state index contributed by atoms with van der Waals surface area (Å²) in [6, 6.07) is 12.6. The van der Waals surface area contributed by atoms with Crippen LogP contribution in [0.4, 0.5) is 0 Å². The van der Waals surface area contributed by atoms with Crippen molar-refractivity contribution in [2.75, 3.05) is 14.2 Å². The average Bonchev–Trinajstić information content (AvgIpc) is 3.15. The van der Waals surface area contributed by atoms with E-state index in [4.69, 9.17) is 14.2 Å². The summed E-state index contributed by atoms with van der Waals surface area (Å²) < 4.78 is 24.5. The third-order valence-electron chi connectivity index (χ3n) is 4.12. The highest BCUT2D eigenvalue weighted by atomic mass is 32.1. The van der Waals surface area contributed by atoms with E-state index in [1.807, 2.05) is 25.1 Å². The van der Waals surface area contributed by atoms with Gasteiger partial charge in [-0.15, -0.1) is 0 Å². The number of hydrogen-bond donors (Lipinski definition) is 1. The van der Waals surface area contributed by atoms with Crippen LogP contribution in [0.3, 0.4) is 0 Å². The molecule has 1 heterocycles. The Morgan fingerprint density at radius 1 is 1.07 bits per heavy atom. The lowest BCUT2D eigenvalue weighted by Gasteiger charge is -2.11. The van der Waals surface area contributed by atoms with Gasteiger partial charge in [-0.1, -0.05) is 12.1 Å². The summed E-state index contributed by atoms with van der Waals surface area (Å²) in [6.45, 7) is 2.58. The summed E-state index contributed by atoms with van der Waals surface area (Å²) >= 11 is 1.16. The highest BCUT2D eigenvalue weighted by molar-refractivity contribution is 6.99. The van der Waals surface area contributed by atoms with Gasteiger partial charge in [-0.05, 0) is 42.8 Å². The van der Waals surface area contributed by atoms with Gasteiger partial charge >= 0.3 is 0 Å². The molecule has 0 bridgehead atoms. The minimum Gasteiger partial charge on any atom is -0.493 e. The van der Waals surface area contributed by atoms with Crippen molar-refractivity contribution < 1.29 is 19.0 Å². The quantitative estimate of drug-likeness (QED) is 0.625. The number of hydrogen-bond acceptors (Lipinski definition) is 7. The molecule has 3 aromatic rings. The standard InChI is InChI=1S/C20H21N3O4S/c1-13-17(23-28-22-13)12-27-16-6-4-5-15(10-16)20(24)21-11-14-7-8-18(25-2)19(9-14)26-3/h4-10H,11-12H2,1-3H3,(H,21,24). The monoisotopic (exact) mass is 399 g/mol. The van der Waals surface area contributed by atoms with E-state index in [1.165, 1.54) is 0 Å². The Balaban J connectivity index is 1.61. The second-order valence-corrected chi connectivity index (χ2v) is 6.51. The van der Waals surface area contributed by atoms with E-state index in [0.29, 0.717) is 36.0 Å². The molecule has 0 unspecified atom stereocenters. The largest absolute Gasteiger partial charge is 0.493 e. The zero-order valence-corrected chi connectivity index (χ0v) is 16.7. The van der Waals surface area contributed by atoms with Gasteiger partial charge in [0.1, 0.15) is 18.1 Å². The predicted molar refractivity (Wildman–Crippen MR) is 106 cm³/mol. The molecule has 1 aromatic heterocycles. The topological polar surface area (TPSA) is 82.6 Å². The fraction of sp³-hybridized carbons (Fsp3) is 0.250. The van der Waals surface area contributed by atoms with E-state index in [-0.39, 0.29) is 5.91 Å². The Hall–Kier alpha value is -3.13. The number of nitrogens with one attached hydrogen (secondary N) is 1. The molecular weight excluding hydrogens is 378 g/mol. The highest BCUT2D eigenvalue weighted by Crippen LogP contribution is 2.27. The average molecular weight is 399 g/mol. The smallest absolute Gasteiger partial charge is 0.251 e. The van der Waals surface area contributed by atoms with Crippen LogP contribution < -0.4 is 19.5 Å². The van der Waals surface area contributed by atoms with E-state index in [2.05, 4.69) is 14.1 Å². The Morgan fingerprint density at radius 2 is 1.89 bits per heavy atom. The number of aromatic nitrogens is 2. The molecule has 3 rings (SSSR count). The van der Waals surface area contributed by atoms with E-state index in [9.17, 15) is 4.79 Å². The zero-order valence-electron chi connectivity index (χ0n) is 15.9. The number of methoxy groups -OCH3 is 2. The molecule has 0 aliphatic rings. The Labute approximate surface area is 167 Å². The van der Waals surface area contributed by atoms with Crippen molar-refractivity contribution in [2.24, 2.45) is 0 Å². The van der Waals surface area contributed by atoms with Crippen molar-refractivity contribution in [1.29, 1.82) is 0 Å². The van der Waals surface area contributed by atoms with E-state index in [1.54, 1.807) is 38.5 Å². The molecular formula is C20H21N3O4S. The molecule has 146 valence electrons. The molecule has 1 N–H and O–H groups in total. The second-order valence-electron chi connectivity index (χ2n) is 5.98. The number of ether oxygens (including phenoxy) is 3. The van der Waals surface area contributed by atoms with Crippen LogP contribution in [-0.4, -0.2) is 28.9 Å². The summed E-state index contributed by atoms with van der Waals surface area (Å²) in [7, 11) is 3.16. The number of nitrogens with zero attached hydrogens (tertiary/aromatic N) is 2. The van der Waals surface area contributed by atoms with Crippen LogP contribution in [0, 0.1) is 6.92 Å². The predicted octanol–water partition coefficient (Wildman–Crippen LogP) is 3.37. The van der Waals surface area contributed by atoms with Crippen LogP contribution in [0.5, 0.6) is 17.2 Å². The van der Waals surface area contributed by atoms with Crippen molar-refractivity contribution in [3.8, 4) is 17.2 Å². The first-order valence-electron chi connectivity index (χ1n) is 8.60. The number of carbonyl (C=O) groups is 1. The SMILES string of the molecule is COc1ccc(CNC(=O)c2cccc(OCc3nsnc3C)c2)cc1OC. The van der Waals surface area contributed by atoms with Gasteiger partial charge in [-0.3, -0.25) is 4.79 Å². The second kappa shape index (κ2) is 9.18. The zero-order chi connectivity index (χ0) is 19.9. The molecule has 0 saturated heterocycles. The fourth-order valence-electron chi connectivity index (χ4n) is 2.53. The Kier molecular flexibility index (Phi) is 6.44. The molecule has 28 heavy (non-hydrogen) atoms. The molecule has 0 saturated carbocycles. The van der Waals surface area contributed by atoms with E-state index < -0.39 is 0 Å². The van der Waals surface area contributed by atoms with Crippen LogP contribution in [-0.2, 0) is 13.2 Å². The first kappa shape index (κ1) is 19.6. The van der Waals surface area contributed by atoms with Gasteiger partial charge in [0.05, 0.1) is 31.6 Å². The minimum absolute atomic E-state index is 0.188. The number of rotatable bonds is 8. The lowest BCUT2D eigenvalue weighted by Crippen LogP contribution is -2.22. The summed E-state index contributed by atoms with van der Waals surface area (Å²) in [5.41, 5.74) is 3.08. The van der Waals surface area contributed by atoms with Gasteiger partial charge in [0.2, 0.25) is 0 Å². The van der Waals surface area contributed by atoms with Crippen molar-refractivity contribution in [1.82, 2.24) is 14.1 Å². The normalized spacial score (nSPS) is 10.4. The summed E-state index contributed by atoms with van der Waals surface area (Å²) in [6.07, 6.45) is 0. The first-order chi connectivity index (χ1) is 13.6. The maximum absolute atomic E-state index is 12.5. The van der Waals surface area contributed by atoms with Gasteiger partial charge < -0.3 is 19.5 Å². The first-order valence-corrected chi connectivity index (χ1v) is 9.33. The highest BCUT2D eigenvalue weighted by Gasteiger charge is 2.10. The maximum atomic E-state index is 12.5. The Morgan fingerprint density at radius 3 is 2.61 bits per heavy atom. The van der Waals surface area contributed by atoms with Gasteiger partial charge in [-0.25, -0.2) is 0 Å². The summed E-state index contributed by atoms with van der Waals surface area (Å²) in [5, 5.41) is 2.90. The van der Waals surface area contributed by atoms with E-state index >= 15 is 0 Å². The number of amides is 1. The molecule has 8 heteroatoms. The lowest BCUT2D eigenvalue weighted by atomic mass is 10.1. The van der Waals surface area contributed by atoms with Crippen LogP contribution in [0.2, 0.25) is 0 Å². The van der Waals surface area contributed by atoms with Crippen LogP contribution >= 0.6 is 11.7 Å². The summed E-state index contributed by atoms with van der Waals surface area (Å²) in [4.78, 5) is 12.5. The van der Waals surface area contributed by atoms with Crippen molar-refractivity contribution in [3.05, 3.63) is 65.0 Å². The van der Waals surface area contributed by atoms with E-state index in [0.717, 1.165) is 28.7 Å². The van der Waals surface area contributed by atoms with Gasteiger partial charge in [-0.2, -0.15) is 8.75 Å². The maximum Gasteiger partial charge on any atom is 0.251 e. The lowest BCUT2D eigenvalue weighted by molar-refractivity contribution is 0.0950. The van der Waals surface area contributed by atoms with Crippen LogP contribution in [0.25, 0.3) is 0 Å². The minimum atomic E-state index is -0.188. The van der Waals surface area contributed by atoms with Crippen molar-refractivity contribution in [2.45, 2.75) is 20.1 Å². The van der Waals surface area contributed by atoms with Crippen LogP contribution in [0.15, 0.2) is 42.5 Å². The molecule has 0 fully saturated rings.